The smallest absolute Gasteiger partial charge is 0.288 e. The molecule has 1 amide bonds. The summed E-state index contributed by atoms with van der Waals surface area (Å²) in [5, 5.41) is 2.69. The molecule has 0 fully saturated rings. The quantitative estimate of drug-likeness (QED) is 0.739. The van der Waals surface area contributed by atoms with Gasteiger partial charge in [0.1, 0.15) is 0 Å². The second-order valence-electron chi connectivity index (χ2n) is 3.03. The van der Waals surface area contributed by atoms with Crippen molar-refractivity contribution in [3.8, 4) is 12.3 Å². The van der Waals surface area contributed by atoms with E-state index in [0.29, 0.717) is 12.2 Å². The third kappa shape index (κ3) is 2.17. The van der Waals surface area contributed by atoms with Crippen molar-refractivity contribution in [1.29, 1.82) is 0 Å². The molecule has 0 aliphatic heterocycles. The summed E-state index contributed by atoms with van der Waals surface area (Å²) >= 11 is 0. The fraction of sp³-hybridized carbons (Fsp3) is 0.364. The van der Waals surface area contributed by atoms with E-state index in [0.717, 1.165) is 5.56 Å². The molecule has 0 saturated carbocycles. The van der Waals surface area contributed by atoms with Crippen LogP contribution in [0.1, 0.15) is 29.5 Å². The number of furan rings is 1. The van der Waals surface area contributed by atoms with E-state index in [1.54, 1.807) is 6.07 Å². The average molecular weight is 191 g/mol. The lowest BCUT2D eigenvalue weighted by Gasteiger charge is -2.09. The number of amides is 1. The van der Waals surface area contributed by atoms with Crippen molar-refractivity contribution >= 4 is 5.91 Å². The summed E-state index contributed by atoms with van der Waals surface area (Å²) in [4.78, 5) is 11.6. The number of rotatable bonds is 3. The molecule has 1 N–H and O–H groups in total. The number of hydrogen-bond donors (Lipinski definition) is 1. The fourth-order valence-corrected chi connectivity index (χ4v) is 1.09. The van der Waals surface area contributed by atoms with Gasteiger partial charge in [-0.05, 0) is 19.4 Å². The van der Waals surface area contributed by atoms with Crippen LogP contribution in [0.3, 0.4) is 0 Å². The van der Waals surface area contributed by atoms with Gasteiger partial charge in [0.05, 0.1) is 12.3 Å². The van der Waals surface area contributed by atoms with Gasteiger partial charge < -0.3 is 9.73 Å². The van der Waals surface area contributed by atoms with E-state index in [-0.39, 0.29) is 11.9 Å². The minimum Gasteiger partial charge on any atom is -0.459 e. The zero-order chi connectivity index (χ0) is 10.6. The normalized spacial score (nSPS) is 11.8. The molecule has 3 heteroatoms. The topological polar surface area (TPSA) is 42.2 Å². The highest BCUT2D eigenvalue weighted by Crippen LogP contribution is 2.08. The van der Waals surface area contributed by atoms with Crippen LogP contribution in [0.5, 0.6) is 0 Å². The molecule has 3 nitrogen and oxygen atoms in total. The molecule has 1 aromatic rings. The maximum absolute atomic E-state index is 11.6. The first-order valence-corrected chi connectivity index (χ1v) is 4.50. The summed E-state index contributed by atoms with van der Waals surface area (Å²) in [5.74, 6) is 2.57. The van der Waals surface area contributed by atoms with Gasteiger partial charge in [-0.2, -0.15) is 0 Å². The van der Waals surface area contributed by atoms with Crippen molar-refractivity contribution in [2.75, 3.05) is 0 Å². The van der Waals surface area contributed by atoms with Crippen LogP contribution in [0.15, 0.2) is 16.7 Å². The third-order valence-corrected chi connectivity index (χ3v) is 1.98. The Bertz CT molecular complexity index is 360. The first-order valence-electron chi connectivity index (χ1n) is 4.50. The molecule has 1 heterocycles. The predicted octanol–water partition coefficient (Wildman–Crippen LogP) is 1.73. The van der Waals surface area contributed by atoms with Crippen molar-refractivity contribution in [3.63, 3.8) is 0 Å². The molecule has 0 bridgehead atoms. The third-order valence-electron chi connectivity index (χ3n) is 1.98. The van der Waals surface area contributed by atoms with Crippen LogP contribution in [-0.2, 0) is 0 Å². The monoisotopic (exact) mass is 191 g/mol. The Balaban J connectivity index is 2.69. The van der Waals surface area contributed by atoms with E-state index in [9.17, 15) is 4.79 Å². The fourth-order valence-electron chi connectivity index (χ4n) is 1.09. The minimum atomic E-state index is -0.252. The first-order chi connectivity index (χ1) is 6.69. The number of aryl methyl sites for hydroxylation is 1. The van der Waals surface area contributed by atoms with Crippen molar-refractivity contribution < 1.29 is 9.21 Å². The summed E-state index contributed by atoms with van der Waals surface area (Å²) in [6.45, 7) is 3.73. The molecule has 0 saturated heterocycles. The molecule has 74 valence electrons. The van der Waals surface area contributed by atoms with E-state index in [1.165, 1.54) is 6.26 Å². The van der Waals surface area contributed by atoms with Crippen LogP contribution >= 0.6 is 0 Å². The Morgan fingerprint density at radius 1 is 1.79 bits per heavy atom. The second kappa shape index (κ2) is 4.52. The maximum atomic E-state index is 11.6. The molecular weight excluding hydrogens is 178 g/mol. The van der Waals surface area contributed by atoms with E-state index in [4.69, 9.17) is 10.8 Å². The molecule has 1 unspecified atom stereocenters. The van der Waals surface area contributed by atoms with Gasteiger partial charge in [0, 0.05) is 5.56 Å². The number of terminal acetylenes is 1. The van der Waals surface area contributed by atoms with E-state index in [1.807, 2.05) is 13.8 Å². The Hall–Kier alpha value is -1.69. The average Bonchev–Trinajstić information content (AvgIpc) is 2.60. The van der Waals surface area contributed by atoms with Gasteiger partial charge in [0.2, 0.25) is 0 Å². The minimum absolute atomic E-state index is 0.230. The van der Waals surface area contributed by atoms with Gasteiger partial charge >= 0.3 is 0 Å². The largest absolute Gasteiger partial charge is 0.459 e. The molecule has 0 spiro atoms. The SMILES string of the molecule is C#CC(CC)NC(=O)c1occc1C. The van der Waals surface area contributed by atoms with Crippen molar-refractivity contribution in [3.05, 3.63) is 23.7 Å². The van der Waals surface area contributed by atoms with Crippen LogP contribution < -0.4 is 5.32 Å². The number of hydrogen-bond acceptors (Lipinski definition) is 2. The van der Waals surface area contributed by atoms with Gasteiger partial charge in [-0.25, -0.2) is 0 Å². The summed E-state index contributed by atoms with van der Waals surface area (Å²) in [6.07, 6.45) is 7.43. The summed E-state index contributed by atoms with van der Waals surface area (Å²) < 4.78 is 5.04. The Morgan fingerprint density at radius 3 is 2.93 bits per heavy atom. The summed E-state index contributed by atoms with van der Waals surface area (Å²) in [7, 11) is 0. The lowest BCUT2D eigenvalue weighted by Crippen LogP contribution is -2.33. The summed E-state index contributed by atoms with van der Waals surface area (Å²) in [6, 6.07) is 1.51. The van der Waals surface area contributed by atoms with Gasteiger partial charge in [0.15, 0.2) is 5.76 Å². The van der Waals surface area contributed by atoms with Gasteiger partial charge in [0.25, 0.3) is 5.91 Å². The van der Waals surface area contributed by atoms with Crippen LogP contribution in [0.2, 0.25) is 0 Å². The Kier molecular flexibility index (Phi) is 3.35. The number of carbonyl (C=O) groups is 1. The molecule has 0 aromatic carbocycles. The molecule has 1 aromatic heterocycles. The van der Waals surface area contributed by atoms with Gasteiger partial charge in [-0.3, -0.25) is 4.79 Å². The van der Waals surface area contributed by atoms with Gasteiger partial charge in [-0.15, -0.1) is 6.42 Å². The van der Waals surface area contributed by atoms with Crippen molar-refractivity contribution in [2.45, 2.75) is 26.3 Å². The lowest BCUT2D eigenvalue weighted by molar-refractivity contribution is 0.0916. The van der Waals surface area contributed by atoms with Crippen LogP contribution in [-0.4, -0.2) is 11.9 Å². The Morgan fingerprint density at radius 2 is 2.50 bits per heavy atom. The first kappa shape index (κ1) is 10.4. The maximum Gasteiger partial charge on any atom is 0.288 e. The standard InChI is InChI=1S/C11H13NO2/c1-4-9(5-2)12-11(13)10-8(3)6-7-14-10/h1,6-7,9H,5H2,2-3H3,(H,12,13). The molecule has 1 atom stereocenters. The molecule has 0 aliphatic carbocycles. The highest BCUT2D eigenvalue weighted by atomic mass is 16.3. The van der Waals surface area contributed by atoms with E-state index >= 15 is 0 Å². The predicted molar refractivity (Wildman–Crippen MR) is 53.8 cm³/mol. The summed E-state index contributed by atoms with van der Waals surface area (Å²) in [5.41, 5.74) is 0.814. The van der Waals surface area contributed by atoms with Crippen LogP contribution in [0.4, 0.5) is 0 Å². The number of carbonyl (C=O) groups excluding carboxylic acids is 1. The zero-order valence-electron chi connectivity index (χ0n) is 8.33. The molecule has 0 aliphatic rings. The van der Waals surface area contributed by atoms with Crippen LogP contribution in [0, 0.1) is 19.3 Å². The highest BCUT2D eigenvalue weighted by molar-refractivity contribution is 5.93. The highest BCUT2D eigenvalue weighted by Gasteiger charge is 2.14. The van der Waals surface area contributed by atoms with Crippen LogP contribution in [0.25, 0.3) is 0 Å². The molecular formula is C11H13NO2. The number of nitrogens with one attached hydrogen (secondary N) is 1. The lowest BCUT2D eigenvalue weighted by atomic mass is 10.2. The molecule has 14 heavy (non-hydrogen) atoms. The zero-order valence-corrected chi connectivity index (χ0v) is 8.33. The second-order valence-corrected chi connectivity index (χ2v) is 3.03. The van der Waals surface area contributed by atoms with Gasteiger partial charge in [-0.1, -0.05) is 12.8 Å². The molecule has 0 radical (unpaired) electrons. The van der Waals surface area contributed by atoms with Crippen molar-refractivity contribution in [2.24, 2.45) is 0 Å². The Labute approximate surface area is 83.5 Å². The van der Waals surface area contributed by atoms with Crippen molar-refractivity contribution in [1.82, 2.24) is 5.32 Å². The van der Waals surface area contributed by atoms with E-state index in [2.05, 4.69) is 11.2 Å². The van der Waals surface area contributed by atoms with E-state index < -0.39 is 0 Å². The molecule has 1 rings (SSSR count).